The summed E-state index contributed by atoms with van der Waals surface area (Å²) in [4.78, 5) is 20.9. The monoisotopic (exact) mass is 398 g/mol. The number of rotatable bonds is 7. The van der Waals surface area contributed by atoms with E-state index in [4.69, 9.17) is 4.74 Å². The van der Waals surface area contributed by atoms with Gasteiger partial charge in [0.05, 0.1) is 25.0 Å². The second kappa shape index (κ2) is 8.35. The van der Waals surface area contributed by atoms with Crippen molar-refractivity contribution in [2.45, 2.75) is 50.0 Å². The van der Waals surface area contributed by atoms with E-state index in [1.54, 1.807) is 7.11 Å². The molecule has 0 spiro atoms. The summed E-state index contributed by atoms with van der Waals surface area (Å²) in [5.41, 5.74) is 0.876. The smallest absolute Gasteiger partial charge is 0.224 e. The Morgan fingerprint density at radius 2 is 1.86 bits per heavy atom. The average Bonchev–Trinajstić information content (AvgIpc) is 3.55. The number of amides is 1. The highest BCUT2D eigenvalue weighted by atomic mass is 19.1. The van der Waals surface area contributed by atoms with E-state index in [0.29, 0.717) is 12.5 Å². The van der Waals surface area contributed by atoms with Gasteiger partial charge >= 0.3 is 0 Å². The predicted molar refractivity (Wildman–Crippen MR) is 108 cm³/mol. The second-order valence-corrected chi connectivity index (χ2v) is 8.13. The zero-order chi connectivity index (χ0) is 20.3. The van der Waals surface area contributed by atoms with Gasteiger partial charge in [-0.05, 0) is 42.9 Å². The van der Waals surface area contributed by atoms with Crippen LogP contribution >= 0.6 is 0 Å². The van der Waals surface area contributed by atoms with Gasteiger partial charge in [-0.3, -0.25) is 4.79 Å². The van der Waals surface area contributed by atoms with Crippen molar-refractivity contribution in [3.63, 3.8) is 0 Å². The molecule has 0 aliphatic heterocycles. The van der Waals surface area contributed by atoms with Crippen LogP contribution in [0.5, 0.6) is 5.75 Å². The van der Waals surface area contributed by atoms with Crippen molar-refractivity contribution in [1.29, 1.82) is 0 Å². The van der Waals surface area contributed by atoms with Gasteiger partial charge in [-0.25, -0.2) is 14.4 Å². The van der Waals surface area contributed by atoms with Crippen molar-refractivity contribution in [3.8, 4) is 5.75 Å². The lowest BCUT2D eigenvalue weighted by atomic mass is 9.81. The lowest BCUT2D eigenvalue weighted by Crippen LogP contribution is -2.54. The molecule has 2 fully saturated rings. The Labute approximate surface area is 170 Å². The van der Waals surface area contributed by atoms with Gasteiger partial charge in [0.15, 0.2) is 5.82 Å². The van der Waals surface area contributed by atoms with E-state index in [0.717, 1.165) is 50.2 Å². The van der Waals surface area contributed by atoms with Crippen LogP contribution in [0.3, 0.4) is 0 Å². The Balaban J connectivity index is 1.38. The fourth-order valence-electron chi connectivity index (χ4n) is 4.28. The molecule has 2 N–H and O–H groups in total. The van der Waals surface area contributed by atoms with Crippen molar-refractivity contribution >= 4 is 11.9 Å². The van der Waals surface area contributed by atoms with Crippen LogP contribution in [0.25, 0.3) is 0 Å². The van der Waals surface area contributed by atoms with E-state index in [1.807, 2.05) is 24.3 Å². The summed E-state index contributed by atoms with van der Waals surface area (Å²) in [5.74, 6) is 1.15. The molecule has 1 amide bonds. The number of hydrogen-bond acceptors (Lipinski definition) is 5. The first kappa shape index (κ1) is 19.6. The Morgan fingerprint density at radius 3 is 2.52 bits per heavy atom. The van der Waals surface area contributed by atoms with Gasteiger partial charge < -0.3 is 15.4 Å². The number of anilines is 1. The lowest BCUT2D eigenvalue weighted by molar-refractivity contribution is -0.124. The van der Waals surface area contributed by atoms with Gasteiger partial charge in [-0.2, -0.15) is 0 Å². The zero-order valence-corrected chi connectivity index (χ0v) is 16.7. The van der Waals surface area contributed by atoms with Gasteiger partial charge in [0.1, 0.15) is 5.75 Å². The molecule has 1 heterocycles. The summed E-state index contributed by atoms with van der Waals surface area (Å²) >= 11 is 0. The number of nitrogens with one attached hydrogen (secondary N) is 2. The Bertz CT molecular complexity index is 835. The minimum atomic E-state index is -0.463. The molecule has 154 valence electrons. The summed E-state index contributed by atoms with van der Waals surface area (Å²) in [6.45, 7) is 0.546. The molecule has 1 aromatic carbocycles. The maximum atomic E-state index is 13.0. The normalized spacial score (nSPS) is 22.6. The van der Waals surface area contributed by atoms with Crippen LogP contribution in [-0.2, 0) is 4.79 Å². The third-order valence-corrected chi connectivity index (χ3v) is 6.08. The maximum Gasteiger partial charge on any atom is 0.224 e. The van der Waals surface area contributed by atoms with Crippen molar-refractivity contribution in [1.82, 2.24) is 15.3 Å². The van der Waals surface area contributed by atoms with E-state index in [-0.39, 0.29) is 23.3 Å². The molecular weight excluding hydrogens is 371 g/mol. The SMILES string of the molecule is COc1ccc([C@@H]2C[C@H]2C(=O)NC2(CNc3ncc(F)cn3)CCCCC2)cc1. The van der Waals surface area contributed by atoms with Crippen LogP contribution < -0.4 is 15.4 Å². The highest BCUT2D eigenvalue weighted by Crippen LogP contribution is 2.48. The summed E-state index contributed by atoms with van der Waals surface area (Å²) < 4.78 is 18.2. The first-order chi connectivity index (χ1) is 14.1. The fourth-order valence-corrected chi connectivity index (χ4v) is 4.28. The van der Waals surface area contributed by atoms with Gasteiger partial charge in [-0.15, -0.1) is 0 Å². The number of halogens is 1. The Kier molecular flexibility index (Phi) is 5.65. The molecule has 1 aromatic heterocycles. The molecule has 2 atom stereocenters. The number of carbonyl (C=O) groups excluding carboxylic acids is 1. The molecule has 0 unspecified atom stereocenters. The highest BCUT2D eigenvalue weighted by Gasteiger charge is 2.46. The summed E-state index contributed by atoms with van der Waals surface area (Å²) in [6, 6.07) is 7.97. The van der Waals surface area contributed by atoms with Crippen LogP contribution in [-0.4, -0.2) is 35.1 Å². The van der Waals surface area contributed by atoms with Crippen molar-refractivity contribution in [2.75, 3.05) is 19.0 Å². The van der Waals surface area contributed by atoms with Crippen LogP contribution in [0.1, 0.15) is 50.0 Å². The van der Waals surface area contributed by atoms with Crippen molar-refractivity contribution in [3.05, 3.63) is 48.0 Å². The molecule has 0 radical (unpaired) electrons. The molecule has 2 aromatic rings. The van der Waals surface area contributed by atoms with Crippen LogP contribution in [0.15, 0.2) is 36.7 Å². The number of aromatic nitrogens is 2. The molecule has 7 heteroatoms. The lowest BCUT2D eigenvalue weighted by Gasteiger charge is -2.38. The topological polar surface area (TPSA) is 76.1 Å². The largest absolute Gasteiger partial charge is 0.497 e. The molecule has 6 nitrogen and oxygen atoms in total. The molecule has 2 saturated carbocycles. The maximum absolute atomic E-state index is 13.0. The highest BCUT2D eigenvalue weighted by molar-refractivity contribution is 5.83. The van der Waals surface area contributed by atoms with Crippen LogP contribution in [0.2, 0.25) is 0 Å². The van der Waals surface area contributed by atoms with E-state index >= 15 is 0 Å². The van der Waals surface area contributed by atoms with Crippen LogP contribution in [0, 0.1) is 11.7 Å². The predicted octanol–water partition coefficient (Wildman–Crippen LogP) is 3.66. The molecular formula is C22H27FN4O2. The second-order valence-electron chi connectivity index (χ2n) is 8.13. The number of methoxy groups -OCH3 is 1. The van der Waals surface area contributed by atoms with Gasteiger partial charge in [0.25, 0.3) is 0 Å². The zero-order valence-electron chi connectivity index (χ0n) is 16.7. The minimum absolute atomic E-state index is 0.0178. The van der Waals surface area contributed by atoms with E-state index in [2.05, 4.69) is 20.6 Å². The van der Waals surface area contributed by atoms with E-state index < -0.39 is 5.82 Å². The summed E-state index contributed by atoms with van der Waals surface area (Å²) in [6.07, 6.45) is 8.36. The molecule has 0 saturated heterocycles. The molecule has 2 aliphatic carbocycles. The van der Waals surface area contributed by atoms with Gasteiger partial charge in [-0.1, -0.05) is 31.4 Å². The third kappa shape index (κ3) is 4.66. The summed E-state index contributed by atoms with van der Waals surface area (Å²) in [7, 11) is 1.65. The van der Waals surface area contributed by atoms with Gasteiger partial charge in [0, 0.05) is 12.5 Å². The quantitative estimate of drug-likeness (QED) is 0.744. The number of nitrogens with zero attached hydrogens (tertiary/aromatic N) is 2. The molecule has 0 bridgehead atoms. The number of benzene rings is 1. The molecule has 4 rings (SSSR count). The van der Waals surface area contributed by atoms with Gasteiger partial charge in [0.2, 0.25) is 11.9 Å². The Hall–Kier alpha value is -2.70. The number of ether oxygens (including phenoxy) is 1. The first-order valence-electron chi connectivity index (χ1n) is 10.3. The Morgan fingerprint density at radius 1 is 1.17 bits per heavy atom. The number of carbonyl (C=O) groups is 1. The van der Waals surface area contributed by atoms with E-state index in [1.165, 1.54) is 12.0 Å². The van der Waals surface area contributed by atoms with Crippen molar-refractivity contribution < 1.29 is 13.9 Å². The van der Waals surface area contributed by atoms with E-state index in [9.17, 15) is 9.18 Å². The van der Waals surface area contributed by atoms with Crippen molar-refractivity contribution in [2.24, 2.45) is 5.92 Å². The minimum Gasteiger partial charge on any atom is -0.497 e. The average molecular weight is 398 g/mol. The first-order valence-corrected chi connectivity index (χ1v) is 10.3. The fraction of sp³-hybridized carbons (Fsp3) is 0.500. The third-order valence-electron chi connectivity index (χ3n) is 6.08. The summed E-state index contributed by atoms with van der Waals surface area (Å²) in [5, 5.41) is 6.53. The molecule has 2 aliphatic rings. The molecule has 29 heavy (non-hydrogen) atoms. The standard InChI is InChI=1S/C22H27FN4O2/c1-29-17-7-5-15(6-8-17)18-11-19(18)20(28)27-22(9-3-2-4-10-22)14-26-21-24-12-16(23)13-25-21/h5-8,12-13,18-19H,2-4,9-11,14H2,1H3,(H,27,28)(H,24,25,26)/t18-,19+/m0/s1. The number of hydrogen-bond donors (Lipinski definition) is 2. The van der Waals surface area contributed by atoms with Crippen LogP contribution in [0.4, 0.5) is 10.3 Å².